The third-order valence-electron chi connectivity index (χ3n) is 6.76. The Hall–Kier alpha value is -1.93. The van der Waals surface area contributed by atoms with Crippen LogP contribution in [0.4, 0.5) is 0 Å². The van der Waals surface area contributed by atoms with Gasteiger partial charge in [0.1, 0.15) is 17.3 Å². The first-order chi connectivity index (χ1) is 14.4. The zero-order valence-corrected chi connectivity index (χ0v) is 19.0. The highest BCUT2D eigenvalue weighted by Gasteiger charge is 2.70. The van der Waals surface area contributed by atoms with Crippen LogP contribution < -0.4 is 0 Å². The number of aliphatic carboxylic acids is 1. The minimum Gasteiger partial charge on any atom is -0.481 e. The lowest BCUT2D eigenvalue weighted by molar-refractivity contribution is -0.268. The molecule has 0 saturated carbocycles. The Kier molecular flexibility index (Phi) is 6.28. The van der Waals surface area contributed by atoms with Crippen molar-refractivity contribution >= 4 is 23.4 Å². The summed E-state index contributed by atoms with van der Waals surface area (Å²) in [5.74, 6) is -7.03. The van der Waals surface area contributed by atoms with Crippen LogP contribution in [-0.4, -0.2) is 44.6 Å². The number of ether oxygens (including phenoxy) is 2. The standard InChI is InChI=1S/C23H29ClO7/c1-6-11(2)7-8-14-9-15-16(10-30-14)17-18(21(27)28)23(29,12(3)13(4)25)31-22(17,5)20(26)19(15)24/h7-13,17-18,25,29H,6H2,1-5H3,(H,27,28)/b8-7+/t11-,12+,13-,17+,18+,22-,23+/m0/s1. The fraction of sp³-hybridized carbons (Fsp3) is 0.565. The van der Waals surface area contributed by atoms with Crippen molar-refractivity contribution in [3.8, 4) is 0 Å². The number of carboxylic acid groups (broad SMARTS) is 1. The molecule has 3 N–H and O–H groups in total. The SMILES string of the molecule is CC[C@H](C)/C=C/C1=CC2=C(Cl)C(=O)[C@@]3(C)O[C@](O)([C@H](C)[C@H](C)O)[C@@H](C(=O)O)[C@H]3C2=CO1. The molecule has 1 aliphatic carbocycles. The number of aliphatic hydroxyl groups is 2. The first-order valence-corrected chi connectivity index (χ1v) is 10.8. The van der Waals surface area contributed by atoms with E-state index in [1.165, 1.54) is 27.0 Å². The van der Waals surface area contributed by atoms with E-state index in [9.17, 15) is 24.9 Å². The molecule has 31 heavy (non-hydrogen) atoms. The molecule has 2 aliphatic heterocycles. The maximum Gasteiger partial charge on any atom is 0.312 e. The number of fused-ring (bicyclic) bond motifs is 3. The van der Waals surface area contributed by atoms with Crippen molar-refractivity contribution in [3.63, 3.8) is 0 Å². The van der Waals surface area contributed by atoms with Crippen LogP contribution in [0.1, 0.15) is 41.0 Å². The van der Waals surface area contributed by atoms with E-state index in [1.54, 1.807) is 12.2 Å². The average Bonchev–Trinajstić information content (AvgIpc) is 2.98. The molecule has 0 radical (unpaired) electrons. The highest BCUT2D eigenvalue weighted by molar-refractivity contribution is 6.45. The molecule has 2 heterocycles. The van der Waals surface area contributed by atoms with E-state index in [2.05, 4.69) is 13.8 Å². The van der Waals surface area contributed by atoms with E-state index in [-0.39, 0.29) is 5.03 Å². The van der Waals surface area contributed by atoms with Gasteiger partial charge < -0.3 is 24.8 Å². The van der Waals surface area contributed by atoms with Crippen LogP contribution in [-0.2, 0) is 19.1 Å². The largest absolute Gasteiger partial charge is 0.481 e. The van der Waals surface area contributed by atoms with Gasteiger partial charge in [-0.3, -0.25) is 9.59 Å². The molecule has 3 rings (SSSR count). The number of ketones is 1. The molecule has 7 nitrogen and oxygen atoms in total. The van der Waals surface area contributed by atoms with Gasteiger partial charge in [-0.25, -0.2) is 0 Å². The zero-order valence-electron chi connectivity index (χ0n) is 18.3. The van der Waals surface area contributed by atoms with Crippen LogP contribution in [0.25, 0.3) is 0 Å². The molecule has 0 aromatic heterocycles. The smallest absolute Gasteiger partial charge is 0.312 e. The average molecular weight is 453 g/mol. The molecular formula is C23H29ClO7. The lowest BCUT2D eigenvalue weighted by Crippen LogP contribution is -2.50. The normalized spacial score (nSPS) is 35.7. The number of aliphatic hydroxyl groups excluding tert-OH is 1. The van der Waals surface area contributed by atoms with Crippen LogP contribution in [0.2, 0.25) is 0 Å². The highest BCUT2D eigenvalue weighted by Crippen LogP contribution is 2.58. The van der Waals surface area contributed by atoms with Crippen molar-refractivity contribution in [3.05, 3.63) is 46.4 Å². The highest BCUT2D eigenvalue weighted by atomic mass is 35.5. The molecule has 7 atom stereocenters. The number of hydrogen-bond acceptors (Lipinski definition) is 6. The molecule has 0 aromatic carbocycles. The first kappa shape index (κ1) is 23.7. The van der Waals surface area contributed by atoms with E-state index < -0.39 is 47.0 Å². The van der Waals surface area contributed by atoms with Gasteiger partial charge in [-0.2, -0.15) is 0 Å². The second kappa shape index (κ2) is 8.20. The predicted molar refractivity (Wildman–Crippen MR) is 114 cm³/mol. The van der Waals surface area contributed by atoms with Crippen molar-refractivity contribution in [1.82, 2.24) is 0 Å². The molecule has 3 aliphatic rings. The van der Waals surface area contributed by atoms with E-state index in [0.717, 1.165) is 6.42 Å². The molecule has 170 valence electrons. The van der Waals surface area contributed by atoms with E-state index in [0.29, 0.717) is 22.8 Å². The van der Waals surface area contributed by atoms with E-state index >= 15 is 0 Å². The Morgan fingerprint density at radius 3 is 2.55 bits per heavy atom. The summed E-state index contributed by atoms with van der Waals surface area (Å²) in [6.45, 7) is 8.44. The third kappa shape index (κ3) is 3.67. The topological polar surface area (TPSA) is 113 Å². The van der Waals surface area contributed by atoms with Crippen molar-refractivity contribution in [2.24, 2.45) is 23.7 Å². The van der Waals surface area contributed by atoms with Gasteiger partial charge in [0.25, 0.3) is 0 Å². The molecule has 0 bridgehead atoms. The van der Waals surface area contributed by atoms with Crippen molar-refractivity contribution in [2.75, 3.05) is 0 Å². The molecular weight excluding hydrogens is 424 g/mol. The number of carboxylic acids is 1. The minimum absolute atomic E-state index is 0.110. The van der Waals surface area contributed by atoms with Crippen LogP contribution in [0.5, 0.6) is 0 Å². The number of halogens is 1. The van der Waals surface area contributed by atoms with Gasteiger partial charge in [-0.05, 0) is 31.9 Å². The lowest BCUT2D eigenvalue weighted by atomic mass is 9.66. The van der Waals surface area contributed by atoms with Gasteiger partial charge in [0.2, 0.25) is 5.78 Å². The third-order valence-corrected chi connectivity index (χ3v) is 7.14. The molecule has 0 amide bonds. The molecule has 0 unspecified atom stereocenters. The number of rotatable bonds is 6. The van der Waals surface area contributed by atoms with Crippen molar-refractivity contribution < 1.29 is 34.4 Å². The number of carbonyl (C=O) groups excluding carboxylic acids is 1. The number of allylic oxidation sites excluding steroid dienone is 4. The maximum atomic E-state index is 13.3. The van der Waals surface area contributed by atoms with Crippen molar-refractivity contribution in [2.45, 2.75) is 58.5 Å². The summed E-state index contributed by atoms with van der Waals surface area (Å²) in [6.07, 6.45) is 6.59. The molecule has 8 heteroatoms. The summed E-state index contributed by atoms with van der Waals surface area (Å²) < 4.78 is 11.5. The molecule has 1 fully saturated rings. The van der Waals surface area contributed by atoms with Crippen LogP contribution in [0.15, 0.2) is 46.4 Å². The summed E-state index contributed by atoms with van der Waals surface area (Å²) in [6, 6.07) is 0. The second-order valence-corrected chi connectivity index (χ2v) is 9.20. The Morgan fingerprint density at radius 1 is 1.35 bits per heavy atom. The number of carbonyl (C=O) groups is 2. The number of Topliss-reactive ketones (excluding diaryl/α,β-unsaturated/α-hetero) is 1. The fourth-order valence-corrected chi connectivity index (χ4v) is 4.79. The first-order valence-electron chi connectivity index (χ1n) is 10.4. The zero-order chi connectivity index (χ0) is 23.3. The minimum atomic E-state index is -2.29. The summed E-state index contributed by atoms with van der Waals surface area (Å²) in [4.78, 5) is 25.6. The Bertz CT molecular complexity index is 915. The summed E-state index contributed by atoms with van der Waals surface area (Å²) in [5.41, 5.74) is -1.00. The van der Waals surface area contributed by atoms with E-state index in [1.807, 2.05) is 6.08 Å². The molecule has 1 saturated heterocycles. The Morgan fingerprint density at radius 2 is 2.00 bits per heavy atom. The van der Waals surface area contributed by atoms with Gasteiger partial charge in [-0.1, -0.05) is 44.9 Å². The van der Waals surface area contributed by atoms with Gasteiger partial charge in [0.05, 0.1) is 17.4 Å². The monoisotopic (exact) mass is 452 g/mol. The molecule has 0 aromatic rings. The van der Waals surface area contributed by atoms with Crippen LogP contribution in [0.3, 0.4) is 0 Å². The Labute approximate surface area is 186 Å². The van der Waals surface area contributed by atoms with Crippen molar-refractivity contribution in [1.29, 1.82) is 0 Å². The quantitative estimate of drug-likeness (QED) is 0.566. The van der Waals surface area contributed by atoms with E-state index in [4.69, 9.17) is 21.1 Å². The van der Waals surface area contributed by atoms with Gasteiger partial charge in [0.15, 0.2) is 5.79 Å². The van der Waals surface area contributed by atoms with Gasteiger partial charge in [-0.15, -0.1) is 0 Å². The van der Waals surface area contributed by atoms with Crippen LogP contribution in [0, 0.1) is 23.7 Å². The lowest BCUT2D eigenvalue weighted by Gasteiger charge is -2.37. The fourth-order valence-electron chi connectivity index (χ4n) is 4.44. The van der Waals surface area contributed by atoms with Gasteiger partial charge >= 0.3 is 5.97 Å². The van der Waals surface area contributed by atoms with Crippen LogP contribution >= 0.6 is 11.6 Å². The summed E-state index contributed by atoms with van der Waals surface area (Å²) >= 11 is 6.42. The maximum absolute atomic E-state index is 13.3. The van der Waals surface area contributed by atoms with Gasteiger partial charge in [0, 0.05) is 23.0 Å². The Balaban J connectivity index is 2.12. The summed E-state index contributed by atoms with van der Waals surface area (Å²) in [5, 5.41) is 31.3. The molecule has 0 spiro atoms. The summed E-state index contributed by atoms with van der Waals surface area (Å²) in [7, 11) is 0. The number of hydrogen-bond donors (Lipinski definition) is 3. The predicted octanol–water partition coefficient (Wildman–Crippen LogP) is 3.27. The second-order valence-electron chi connectivity index (χ2n) is 8.82.